The average molecular weight is 341 g/mol. The van der Waals surface area contributed by atoms with Crippen molar-refractivity contribution in [1.29, 1.82) is 0 Å². The molecule has 0 saturated carbocycles. The van der Waals surface area contributed by atoms with E-state index < -0.39 is 0 Å². The first-order valence-electron chi connectivity index (χ1n) is 8.20. The number of aromatic nitrogens is 1. The van der Waals surface area contributed by atoms with E-state index in [4.69, 9.17) is 9.40 Å². The molecule has 0 bridgehead atoms. The van der Waals surface area contributed by atoms with E-state index in [1.54, 1.807) is 17.6 Å². The van der Waals surface area contributed by atoms with Gasteiger partial charge < -0.3 is 14.6 Å². The summed E-state index contributed by atoms with van der Waals surface area (Å²) in [5, 5.41) is 3.99. The average Bonchev–Trinajstić information content (AvgIpc) is 3.29. The first-order chi connectivity index (χ1) is 11.8. The number of furan rings is 1. The summed E-state index contributed by atoms with van der Waals surface area (Å²) in [5.74, 6) is 0.875. The van der Waals surface area contributed by atoms with Crippen LogP contribution in [0.3, 0.4) is 0 Å². The van der Waals surface area contributed by atoms with Crippen molar-refractivity contribution in [3.05, 3.63) is 48.4 Å². The molecule has 4 rings (SSSR count). The lowest BCUT2D eigenvalue weighted by Crippen LogP contribution is -2.42. The molecule has 0 radical (unpaired) electrons. The summed E-state index contributed by atoms with van der Waals surface area (Å²) in [6.45, 7) is 2.13. The number of amides is 1. The number of rotatable bonds is 4. The van der Waals surface area contributed by atoms with Crippen LogP contribution >= 0.6 is 11.3 Å². The number of anilines is 1. The number of para-hydroxylation sites is 1. The molecular weight excluding hydrogens is 322 g/mol. The van der Waals surface area contributed by atoms with Crippen molar-refractivity contribution in [2.45, 2.75) is 19.4 Å². The third kappa shape index (κ3) is 3.14. The molecule has 1 N–H and O–H groups in total. The second-order valence-electron chi connectivity index (χ2n) is 6.05. The van der Waals surface area contributed by atoms with Gasteiger partial charge in [-0.3, -0.25) is 4.79 Å². The minimum atomic E-state index is 0.000671. The smallest absolute Gasteiger partial charge is 0.225 e. The molecule has 6 heteroatoms. The highest BCUT2D eigenvalue weighted by atomic mass is 32.1. The number of nitrogens with one attached hydrogen (secondary N) is 1. The fourth-order valence-corrected chi connectivity index (χ4v) is 4.09. The molecule has 3 heterocycles. The summed E-state index contributed by atoms with van der Waals surface area (Å²) >= 11 is 1.70. The molecule has 24 heavy (non-hydrogen) atoms. The maximum Gasteiger partial charge on any atom is 0.225 e. The van der Waals surface area contributed by atoms with Crippen LogP contribution in [0.5, 0.6) is 0 Å². The van der Waals surface area contributed by atoms with E-state index in [9.17, 15) is 4.79 Å². The van der Waals surface area contributed by atoms with Gasteiger partial charge in [0.05, 0.1) is 28.9 Å². The van der Waals surface area contributed by atoms with Crippen LogP contribution in [0.2, 0.25) is 0 Å². The minimum absolute atomic E-state index is 0.000671. The van der Waals surface area contributed by atoms with E-state index in [-0.39, 0.29) is 11.8 Å². The molecule has 0 unspecified atom stereocenters. The lowest BCUT2D eigenvalue weighted by atomic mass is 9.97. The molecule has 1 fully saturated rings. The standard InChI is InChI=1S/C18H19N3O2S/c22-17(19-11-14-6-4-10-23-14)13-5-3-9-21(12-13)18-20-15-7-1-2-8-16(15)24-18/h1-2,4,6-8,10,13H,3,5,9,11-12H2,(H,19,22)/t13-/m1/s1. The van der Waals surface area contributed by atoms with Crippen molar-refractivity contribution in [3.8, 4) is 0 Å². The monoisotopic (exact) mass is 341 g/mol. The third-order valence-corrected chi connectivity index (χ3v) is 5.46. The molecule has 1 aromatic carbocycles. The molecule has 5 nitrogen and oxygen atoms in total. The summed E-state index contributed by atoms with van der Waals surface area (Å²) in [5.41, 5.74) is 1.03. The van der Waals surface area contributed by atoms with E-state index in [1.165, 1.54) is 4.70 Å². The van der Waals surface area contributed by atoms with Gasteiger partial charge in [0.15, 0.2) is 5.13 Å². The fraction of sp³-hybridized carbons (Fsp3) is 0.333. The number of hydrogen-bond acceptors (Lipinski definition) is 5. The van der Waals surface area contributed by atoms with E-state index in [0.29, 0.717) is 6.54 Å². The quantitative estimate of drug-likeness (QED) is 0.790. The van der Waals surface area contributed by atoms with Gasteiger partial charge in [0.25, 0.3) is 0 Å². The molecule has 1 aliphatic heterocycles. The van der Waals surface area contributed by atoms with Crippen LogP contribution in [0.1, 0.15) is 18.6 Å². The number of thiazole rings is 1. The highest BCUT2D eigenvalue weighted by Crippen LogP contribution is 2.31. The van der Waals surface area contributed by atoms with Crippen LogP contribution in [0.25, 0.3) is 10.2 Å². The van der Waals surface area contributed by atoms with Crippen molar-refractivity contribution in [3.63, 3.8) is 0 Å². The Bertz CT molecular complexity index is 795. The van der Waals surface area contributed by atoms with Crippen LogP contribution in [0, 0.1) is 5.92 Å². The Kier molecular flexibility index (Phi) is 4.21. The van der Waals surface area contributed by atoms with Gasteiger partial charge in [-0.05, 0) is 37.1 Å². The first kappa shape index (κ1) is 15.2. The zero-order chi connectivity index (χ0) is 16.4. The third-order valence-electron chi connectivity index (χ3n) is 4.36. The second kappa shape index (κ2) is 6.65. The summed E-state index contributed by atoms with van der Waals surface area (Å²) in [4.78, 5) is 19.4. The van der Waals surface area contributed by atoms with E-state index in [1.807, 2.05) is 30.3 Å². The molecule has 3 aromatic rings. The zero-order valence-electron chi connectivity index (χ0n) is 13.3. The van der Waals surface area contributed by atoms with Crippen molar-refractivity contribution in [2.75, 3.05) is 18.0 Å². The second-order valence-corrected chi connectivity index (χ2v) is 7.06. The molecule has 2 aromatic heterocycles. The fourth-order valence-electron chi connectivity index (χ4n) is 3.09. The van der Waals surface area contributed by atoms with Gasteiger partial charge in [-0.1, -0.05) is 23.5 Å². The van der Waals surface area contributed by atoms with E-state index in [0.717, 1.165) is 42.3 Å². The topological polar surface area (TPSA) is 58.4 Å². The van der Waals surface area contributed by atoms with Crippen molar-refractivity contribution < 1.29 is 9.21 Å². The molecule has 0 spiro atoms. The Balaban J connectivity index is 1.42. The van der Waals surface area contributed by atoms with E-state index >= 15 is 0 Å². The minimum Gasteiger partial charge on any atom is -0.467 e. The largest absolute Gasteiger partial charge is 0.467 e. The normalized spacial score (nSPS) is 18.0. The predicted octanol–water partition coefficient (Wildman–Crippen LogP) is 3.42. The molecule has 124 valence electrons. The van der Waals surface area contributed by atoms with Crippen molar-refractivity contribution in [2.24, 2.45) is 5.92 Å². The highest BCUT2D eigenvalue weighted by molar-refractivity contribution is 7.22. The maximum atomic E-state index is 12.4. The molecule has 0 aliphatic carbocycles. The molecule has 1 aliphatic rings. The summed E-state index contributed by atoms with van der Waals surface area (Å²) in [6.07, 6.45) is 3.55. The van der Waals surface area contributed by atoms with Crippen LogP contribution in [-0.2, 0) is 11.3 Å². The summed E-state index contributed by atoms with van der Waals surface area (Å²) in [7, 11) is 0. The van der Waals surface area contributed by atoms with Gasteiger partial charge in [0, 0.05) is 13.1 Å². The van der Waals surface area contributed by atoms with Gasteiger partial charge in [-0.15, -0.1) is 0 Å². The number of carbonyl (C=O) groups is 1. The highest BCUT2D eigenvalue weighted by Gasteiger charge is 2.27. The van der Waals surface area contributed by atoms with Gasteiger partial charge in [-0.2, -0.15) is 0 Å². The Morgan fingerprint density at radius 2 is 2.25 bits per heavy atom. The van der Waals surface area contributed by atoms with E-state index in [2.05, 4.69) is 16.3 Å². The maximum absolute atomic E-state index is 12.4. The first-order valence-corrected chi connectivity index (χ1v) is 9.02. The molecule has 1 atom stereocenters. The molecular formula is C18H19N3O2S. The number of fused-ring (bicyclic) bond motifs is 1. The zero-order valence-corrected chi connectivity index (χ0v) is 14.1. The number of piperidine rings is 1. The lowest BCUT2D eigenvalue weighted by Gasteiger charge is -2.31. The SMILES string of the molecule is O=C(NCc1ccco1)[C@@H]1CCCN(c2nc3ccccc3s2)C1. The number of hydrogen-bond donors (Lipinski definition) is 1. The number of carbonyl (C=O) groups excluding carboxylic acids is 1. The van der Waals surface area contributed by atoms with Gasteiger partial charge in [-0.25, -0.2) is 4.98 Å². The van der Waals surface area contributed by atoms with Gasteiger partial charge in [0.1, 0.15) is 5.76 Å². The van der Waals surface area contributed by atoms with Crippen molar-refractivity contribution >= 4 is 32.6 Å². The molecule has 1 amide bonds. The summed E-state index contributed by atoms with van der Waals surface area (Å²) in [6, 6.07) is 11.9. The van der Waals surface area contributed by atoms with Gasteiger partial charge >= 0.3 is 0 Å². The summed E-state index contributed by atoms with van der Waals surface area (Å²) < 4.78 is 6.45. The van der Waals surface area contributed by atoms with Crippen LogP contribution in [0.4, 0.5) is 5.13 Å². The Labute approximate surface area is 144 Å². The van der Waals surface area contributed by atoms with Crippen LogP contribution < -0.4 is 10.2 Å². The Morgan fingerprint density at radius 3 is 3.08 bits per heavy atom. The predicted molar refractivity (Wildman–Crippen MR) is 95.1 cm³/mol. The number of nitrogens with zero attached hydrogens (tertiary/aromatic N) is 2. The van der Waals surface area contributed by atoms with Gasteiger partial charge in [0.2, 0.25) is 5.91 Å². The lowest BCUT2D eigenvalue weighted by molar-refractivity contribution is -0.125. The van der Waals surface area contributed by atoms with Crippen LogP contribution in [0.15, 0.2) is 47.1 Å². The molecule has 1 saturated heterocycles. The number of benzene rings is 1. The van der Waals surface area contributed by atoms with Crippen LogP contribution in [-0.4, -0.2) is 24.0 Å². The Hall–Kier alpha value is -2.34. The Morgan fingerprint density at radius 1 is 1.33 bits per heavy atom. The van der Waals surface area contributed by atoms with Crippen molar-refractivity contribution in [1.82, 2.24) is 10.3 Å².